The van der Waals surface area contributed by atoms with Gasteiger partial charge < -0.3 is 14.2 Å². The highest BCUT2D eigenvalue weighted by atomic mass is 35.5. The second-order valence-corrected chi connectivity index (χ2v) is 3.52. The van der Waals surface area contributed by atoms with Crippen molar-refractivity contribution in [2.24, 2.45) is 4.99 Å². The van der Waals surface area contributed by atoms with Gasteiger partial charge in [0.25, 0.3) is 0 Å². The number of carbonyl (C=O) groups excluding carboxylic acids is 1. The van der Waals surface area contributed by atoms with Crippen LogP contribution in [0.25, 0.3) is 0 Å². The van der Waals surface area contributed by atoms with Gasteiger partial charge in [-0.1, -0.05) is 12.1 Å². The van der Waals surface area contributed by atoms with Crippen molar-refractivity contribution in [3.8, 4) is 0 Å². The zero-order chi connectivity index (χ0) is 13.4. The highest BCUT2D eigenvalue weighted by Crippen LogP contribution is 2.16. The van der Waals surface area contributed by atoms with E-state index in [0.717, 1.165) is 5.56 Å². The molecular formula is C12H14ClNO4. The van der Waals surface area contributed by atoms with Gasteiger partial charge in [-0.15, -0.1) is 0 Å². The topological polar surface area (TPSA) is 57.1 Å². The molecule has 0 unspecified atom stereocenters. The SMILES string of the molecule is CCOC(=Nc1cccc(COC(=O)Cl)c1)OC. The molecule has 1 aromatic carbocycles. The van der Waals surface area contributed by atoms with E-state index in [1.165, 1.54) is 7.11 Å². The third-order valence-electron chi connectivity index (χ3n) is 1.93. The monoisotopic (exact) mass is 271 g/mol. The third-order valence-corrected chi connectivity index (χ3v) is 2.03. The number of ether oxygens (including phenoxy) is 3. The molecule has 0 aromatic heterocycles. The van der Waals surface area contributed by atoms with Crippen molar-refractivity contribution in [2.75, 3.05) is 13.7 Å². The minimum atomic E-state index is -0.837. The first-order valence-electron chi connectivity index (χ1n) is 5.32. The predicted octanol–water partition coefficient (Wildman–Crippen LogP) is 3.23. The van der Waals surface area contributed by atoms with Crippen molar-refractivity contribution < 1.29 is 19.0 Å². The smallest absolute Gasteiger partial charge is 0.404 e. The summed E-state index contributed by atoms with van der Waals surface area (Å²) in [6, 6.07) is 7.11. The van der Waals surface area contributed by atoms with E-state index in [-0.39, 0.29) is 12.7 Å². The Bertz CT molecular complexity index is 434. The molecule has 0 fully saturated rings. The van der Waals surface area contributed by atoms with Gasteiger partial charge in [0, 0.05) is 11.6 Å². The maximum absolute atomic E-state index is 10.5. The van der Waals surface area contributed by atoms with Crippen molar-refractivity contribution in [1.29, 1.82) is 0 Å². The fourth-order valence-corrected chi connectivity index (χ4v) is 1.28. The maximum Gasteiger partial charge on any atom is 0.404 e. The first-order chi connectivity index (χ1) is 8.65. The Morgan fingerprint density at radius 3 is 2.78 bits per heavy atom. The Labute approximate surface area is 110 Å². The molecule has 0 saturated heterocycles. The van der Waals surface area contributed by atoms with Gasteiger partial charge in [0.05, 0.1) is 19.4 Å². The first kappa shape index (κ1) is 14.3. The van der Waals surface area contributed by atoms with E-state index in [1.807, 2.05) is 6.92 Å². The Kier molecular flexibility index (Phi) is 6.00. The number of nitrogens with zero attached hydrogens (tertiary/aromatic N) is 1. The van der Waals surface area contributed by atoms with Gasteiger partial charge in [-0.25, -0.2) is 4.79 Å². The molecule has 6 heteroatoms. The van der Waals surface area contributed by atoms with Crippen LogP contribution in [0.2, 0.25) is 0 Å². The summed E-state index contributed by atoms with van der Waals surface area (Å²) in [5.74, 6) is 0. The summed E-state index contributed by atoms with van der Waals surface area (Å²) in [5, 5.41) is 0. The van der Waals surface area contributed by atoms with Crippen LogP contribution in [0.5, 0.6) is 0 Å². The van der Waals surface area contributed by atoms with Gasteiger partial charge in [0.15, 0.2) is 0 Å². The number of hydrogen-bond donors (Lipinski definition) is 0. The van der Waals surface area contributed by atoms with E-state index in [9.17, 15) is 4.79 Å². The number of carbonyl (C=O) groups is 1. The van der Waals surface area contributed by atoms with Crippen LogP contribution < -0.4 is 0 Å². The van der Waals surface area contributed by atoms with Crippen LogP contribution in [0.3, 0.4) is 0 Å². The molecule has 0 aliphatic carbocycles. The Morgan fingerprint density at radius 2 is 2.17 bits per heavy atom. The average molecular weight is 272 g/mol. The minimum absolute atomic E-state index is 0.0998. The lowest BCUT2D eigenvalue weighted by Gasteiger charge is -2.05. The first-order valence-corrected chi connectivity index (χ1v) is 5.70. The summed E-state index contributed by atoms with van der Waals surface area (Å²) in [6.07, 6.45) is 0.184. The highest BCUT2D eigenvalue weighted by molar-refractivity contribution is 6.61. The lowest BCUT2D eigenvalue weighted by Crippen LogP contribution is -2.06. The number of benzene rings is 1. The van der Waals surface area contributed by atoms with Crippen LogP contribution in [0.1, 0.15) is 12.5 Å². The molecule has 1 aromatic rings. The summed E-state index contributed by atoms with van der Waals surface area (Å²) in [5.41, 5.74) is 0.580. The Balaban J connectivity index is 2.77. The van der Waals surface area contributed by atoms with E-state index in [2.05, 4.69) is 9.73 Å². The van der Waals surface area contributed by atoms with E-state index in [0.29, 0.717) is 12.3 Å². The molecular weight excluding hydrogens is 258 g/mol. The quantitative estimate of drug-likeness (QED) is 0.479. The minimum Gasteiger partial charge on any atom is -0.454 e. The number of halogens is 1. The molecule has 0 saturated carbocycles. The molecule has 0 atom stereocenters. The molecule has 0 spiro atoms. The Hall–Kier alpha value is -1.75. The number of hydrogen-bond acceptors (Lipinski definition) is 5. The maximum atomic E-state index is 10.5. The normalized spacial score (nSPS) is 10.9. The molecule has 5 nitrogen and oxygen atoms in total. The van der Waals surface area contributed by atoms with E-state index in [4.69, 9.17) is 21.1 Å². The summed E-state index contributed by atoms with van der Waals surface area (Å²) >= 11 is 5.09. The van der Waals surface area contributed by atoms with Crippen molar-refractivity contribution in [3.05, 3.63) is 29.8 Å². The van der Waals surface area contributed by atoms with Gasteiger partial charge in [-0.3, -0.25) is 0 Å². The fourth-order valence-electron chi connectivity index (χ4n) is 1.22. The van der Waals surface area contributed by atoms with Crippen molar-refractivity contribution in [2.45, 2.75) is 13.5 Å². The number of methoxy groups -OCH3 is 1. The fraction of sp³-hybridized carbons (Fsp3) is 0.333. The zero-order valence-electron chi connectivity index (χ0n) is 10.2. The van der Waals surface area contributed by atoms with Gasteiger partial charge >= 0.3 is 11.5 Å². The summed E-state index contributed by atoms with van der Waals surface area (Å²) in [6.45, 7) is 2.41. The molecule has 98 valence electrons. The largest absolute Gasteiger partial charge is 0.454 e. The van der Waals surface area contributed by atoms with Gasteiger partial charge in [-0.05, 0) is 24.6 Å². The molecule has 0 radical (unpaired) electrons. The van der Waals surface area contributed by atoms with E-state index >= 15 is 0 Å². The van der Waals surface area contributed by atoms with Crippen LogP contribution in [0.15, 0.2) is 29.3 Å². The van der Waals surface area contributed by atoms with Crippen LogP contribution >= 0.6 is 11.6 Å². The van der Waals surface area contributed by atoms with Crippen molar-refractivity contribution in [1.82, 2.24) is 0 Å². The molecule has 0 aliphatic rings. The van der Waals surface area contributed by atoms with Gasteiger partial charge in [-0.2, -0.15) is 4.99 Å². The molecule has 1 rings (SSSR count). The second kappa shape index (κ2) is 7.55. The number of rotatable bonds is 4. The van der Waals surface area contributed by atoms with Crippen LogP contribution in [-0.4, -0.2) is 25.2 Å². The molecule has 0 aliphatic heterocycles. The van der Waals surface area contributed by atoms with Crippen LogP contribution in [-0.2, 0) is 20.8 Å². The standard InChI is InChI=1S/C12H14ClNO4/c1-3-17-12(16-2)14-10-6-4-5-9(7-10)8-18-11(13)15/h4-7H,3,8H2,1-2H3. The second-order valence-electron chi connectivity index (χ2n) is 3.21. The zero-order valence-corrected chi connectivity index (χ0v) is 10.9. The summed E-state index contributed by atoms with van der Waals surface area (Å²) < 4.78 is 14.8. The lowest BCUT2D eigenvalue weighted by molar-refractivity contribution is 0.167. The van der Waals surface area contributed by atoms with Gasteiger partial charge in [0.1, 0.15) is 6.61 Å². The molecule has 0 amide bonds. The predicted molar refractivity (Wildman–Crippen MR) is 68.2 cm³/mol. The average Bonchev–Trinajstić information content (AvgIpc) is 2.36. The third kappa shape index (κ3) is 5.05. The van der Waals surface area contributed by atoms with E-state index in [1.54, 1.807) is 24.3 Å². The van der Waals surface area contributed by atoms with E-state index < -0.39 is 5.43 Å². The molecule has 0 N–H and O–H groups in total. The molecule has 0 heterocycles. The van der Waals surface area contributed by atoms with Crippen molar-refractivity contribution in [3.63, 3.8) is 0 Å². The summed E-state index contributed by atoms with van der Waals surface area (Å²) in [4.78, 5) is 14.6. The Morgan fingerprint density at radius 1 is 1.39 bits per heavy atom. The molecule has 0 bridgehead atoms. The molecule has 18 heavy (non-hydrogen) atoms. The van der Waals surface area contributed by atoms with Crippen LogP contribution in [0.4, 0.5) is 10.5 Å². The highest BCUT2D eigenvalue weighted by Gasteiger charge is 2.02. The van der Waals surface area contributed by atoms with Crippen molar-refractivity contribution >= 4 is 28.8 Å². The van der Waals surface area contributed by atoms with Gasteiger partial charge in [0.2, 0.25) is 0 Å². The number of aliphatic imine (C=N–C) groups is 1. The van der Waals surface area contributed by atoms with Crippen LogP contribution in [0, 0.1) is 0 Å². The lowest BCUT2D eigenvalue weighted by atomic mass is 10.2. The summed E-state index contributed by atoms with van der Waals surface area (Å²) in [7, 11) is 1.48.